The van der Waals surface area contributed by atoms with Gasteiger partial charge < -0.3 is 39.8 Å². The maximum absolute atomic E-state index is 14.5. The summed E-state index contributed by atoms with van der Waals surface area (Å²) in [6.07, 6.45) is 0.144. The summed E-state index contributed by atoms with van der Waals surface area (Å²) < 4.78 is 17.5. The van der Waals surface area contributed by atoms with E-state index in [1.165, 1.54) is 38.2 Å². The van der Waals surface area contributed by atoms with Crippen molar-refractivity contribution in [2.45, 2.75) is 142 Å². The standard InChI is InChI=1S/C50H76N6O11/c1-11-33(4)43(53(7)49(62)42(32(2)3)52-47(60)44(35(6)57)54(8)50(63)66-31-37-23-16-13-17-24-37)40(64-9)30-41(58)55-26-20-25-39(55)45(65-10)34(5)46(59)51-38(29-36-21-14-12-15-22-36)48(61)56-27-18-19-28-67-56/h12-17,21-24,32-35,38-40,42-45,57H,11,18-20,25-31H2,1-10H3,(H,51,59)(H,52,60)/t33-,34+,35?,38-,39-,40+,42-,43-,44-,45+/m0/s1. The van der Waals surface area contributed by atoms with Gasteiger partial charge in [0.2, 0.25) is 23.6 Å². The van der Waals surface area contributed by atoms with E-state index >= 15 is 0 Å². The van der Waals surface area contributed by atoms with Crippen molar-refractivity contribution in [1.82, 2.24) is 30.4 Å². The summed E-state index contributed by atoms with van der Waals surface area (Å²) in [5.41, 5.74) is 1.63. The molecule has 17 heteroatoms. The summed E-state index contributed by atoms with van der Waals surface area (Å²) in [5, 5.41) is 17.9. The van der Waals surface area contributed by atoms with E-state index in [0.717, 1.165) is 28.9 Å². The molecule has 2 saturated heterocycles. The Bertz CT molecular complexity index is 1900. The van der Waals surface area contributed by atoms with Gasteiger partial charge in [0.1, 0.15) is 24.7 Å². The summed E-state index contributed by atoms with van der Waals surface area (Å²) in [7, 11) is 6.00. The third kappa shape index (κ3) is 14.7. The molecule has 0 radical (unpaired) electrons. The number of likely N-dealkylation sites (N-methyl/N-ethyl adjacent to an activating group) is 2. The van der Waals surface area contributed by atoms with Crippen LogP contribution in [0.5, 0.6) is 0 Å². The van der Waals surface area contributed by atoms with E-state index < -0.39 is 78.3 Å². The van der Waals surface area contributed by atoms with Crippen LogP contribution in [0.15, 0.2) is 60.7 Å². The van der Waals surface area contributed by atoms with Crippen LogP contribution in [0, 0.1) is 17.8 Å². The minimum atomic E-state index is -1.37. The Morgan fingerprint density at radius 1 is 0.821 bits per heavy atom. The van der Waals surface area contributed by atoms with Gasteiger partial charge in [0.05, 0.1) is 49.3 Å². The molecule has 17 nitrogen and oxygen atoms in total. The quantitative estimate of drug-likeness (QED) is 0.143. The third-order valence-electron chi connectivity index (χ3n) is 13.3. The van der Waals surface area contributed by atoms with E-state index in [4.69, 9.17) is 19.0 Å². The fraction of sp³-hybridized carbons (Fsp3) is 0.640. The molecule has 2 fully saturated rings. The first kappa shape index (κ1) is 54.5. The minimum absolute atomic E-state index is 0.0352. The zero-order valence-corrected chi connectivity index (χ0v) is 41.2. The van der Waals surface area contributed by atoms with Crippen molar-refractivity contribution in [3.8, 4) is 0 Å². The van der Waals surface area contributed by atoms with Crippen LogP contribution in [0.4, 0.5) is 4.79 Å². The first-order chi connectivity index (χ1) is 31.9. The van der Waals surface area contributed by atoms with Gasteiger partial charge >= 0.3 is 6.09 Å². The number of likely N-dealkylation sites (tertiary alicyclic amines) is 1. The molecule has 0 aromatic heterocycles. The van der Waals surface area contributed by atoms with Crippen LogP contribution in [-0.4, -0.2) is 157 Å². The molecule has 3 N–H and O–H groups in total. The smallest absolute Gasteiger partial charge is 0.410 e. The monoisotopic (exact) mass is 937 g/mol. The molecular formula is C50H76N6O11. The number of amides is 6. The average molecular weight is 937 g/mol. The van der Waals surface area contributed by atoms with Crippen LogP contribution in [0.1, 0.15) is 91.2 Å². The van der Waals surface area contributed by atoms with Crippen LogP contribution < -0.4 is 10.6 Å². The number of carbonyl (C=O) groups is 6. The highest BCUT2D eigenvalue weighted by Gasteiger charge is 2.44. The number of hydroxylamine groups is 2. The van der Waals surface area contributed by atoms with Gasteiger partial charge in [-0.15, -0.1) is 0 Å². The van der Waals surface area contributed by atoms with Crippen LogP contribution in [0.2, 0.25) is 0 Å². The lowest BCUT2D eigenvalue weighted by molar-refractivity contribution is -0.199. The van der Waals surface area contributed by atoms with E-state index in [9.17, 15) is 33.9 Å². The highest BCUT2D eigenvalue weighted by molar-refractivity contribution is 5.92. The molecule has 2 aromatic carbocycles. The molecule has 2 aliphatic heterocycles. The van der Waals surface area contributed by atoms with Crippen LogP contribution >= 0.6 is 0 Å². The largest absolute Gasteiger partial charge is 0.445 e. The molecule has 10 atom stereocenters. The topological polar surface area (TPSA) is 197 Å². The number of nitrogens with one attached hydrogen (secondary N) is 2. The summed E-state index contributed by atoms with van der Waals surface area (Å²) in [6.45, 7) is 11.9. The zero-order valence-electron chi connectivity index (χ0n) is 41.2. The van der Waals surface area contributed by atoms with Gasteiger partial charge in [0.15, 0.2) is 0 Å². The molecule has 2 aliphatic rings. The second-order valence-electron chi connectivity index (χ2n) is 18.4. The molecule has 2 aromatic rings. The van der Waals surface area contributed by atoms with E-state index in [-0.39, 0.29) is 43.1 Å². The summed E-state index contributed by atoms with van der Waals surface area (Å²) in [5.74, 6) is -3.42. The van der Waals surface area contributed by atoms with E-state index in [0.29, 0.717) is 39.0 Å². The highest BCUT2D eigenvalue weighted by Crippen LogP contribution is 2.30. The normalized spacial score (nSPS) is 19.2. The predicted octanol–water partition coefficient (Wildman–Crippen LogP) is 4.35. The third-order valence-corrected chi connectivity index (χ3v) is 13.3. The van der Waals surface area contributed by atoms with E-state index in [2.05, 4.69) is 10.6 Å². The Morgan fingerprint density at radius 2 is 1.46 bits per heavy atom. The lowest BCUT2D eigenvalue weighted by Crippen LogP contribution is -2.61. The Labute approximate surface area is 397 Å². The summed E-state index contributed by atoms with van der Waals surface area (Å²) in [6, 6.07) is 14.1. The number of hydrogen-bond donors (Lipinski definition) is 3. The number of benzene rings is 2. The van der Waals surface area contributed by atoms with Gasteiger partial charge in [-0.2, -0.15) is 0 Å². The molecular weight excluding hydrogens is 861 g/mol. The SMILES string of the molecule is CC[C@H](C)[C@@H]([C@@H](CC(=O)N1CCC[C@H]1[C@H](OC)[C@@H](C)C(=O)N[C@@H](Cc1ccccc1)C(=O)N1CCCCO1)OC)N(C)C(=O)[C@@H](NC(=O)[C@H](C(C)O)N(C)C(=O)OCc1ccccc1)C(C)C. The first-order valence-electron chi connectivity index (χ1n) is 23.8. The summed E-state index contributed by atoms with van der Waals surface area (Å²) >= 11 is 0. The van der Waals surface area contributed by atoms with Crippen LogP contribution in [-0.2, 0) is 56.0 Å². The van der Waals surface area contributed by atoms with Gasteiger partial charge in [-0.3, -0.25) is 33.7 Å². The number of ether oxygens (including phenoxy) is 3. The molecule has 2 heterocycles. The predicted molar refractivity (Wildman–Crippen MR) is 252 cm³/mol. The lowest BCUT2D eigenvalue weighted by Gasteiger charge is -2.41. The molecule has 0 spiro atoms. The number of carbonyl (C=O) groups excluding carboxylic acids is 6. The van der Waals surface area contributed by atoms with Crippen molar-refractivity contribution in [2.24, 2.45) is 17.8 Å². The number of aliphatic hydroxyl groups is 1. The van der Waals surface area contributed by atoms with Crippen LogP contribution in [0.3, 0.4) is 0 Å². The van der Waals surface area contributed by atoms with Crippen molar-refractivity contribution in [3.05, 3.63) is 71.8 Å². The van der Waals surface area contributed by atoms with Crippen molar-refractivity contribution in [3.63, 3.8) is 0 Å². The molecule has 372 valence electrons. The molecule has 67 heavy (non-hydrogen) atoms. The Hall–Kier alpha value is -5.10. The number of nitrogens with zero attached hydrogens (tertiary/aromatic N) is 4. The lowest BCUT2D eigenvalue weighted by atomic mass is 9.89. The first-order valence-corrected chi connectivity index (χ1v) is 23.8. The van der Waals surface area contributed by atoms with Gasteiger partial charge in [-0.05, 0) is 55.6 Å². The summed E-state index contributed by atoms with van der Waals surface area (Å²) in [4.78, 5) is 93.7. The maximum Gasteiger partial charge on any atom is 0.410 e. The van der Waals surface area contributed by atoms with E-state index in [1.807, 2.05) is 62.4 Å². The fourth-order valence-electron chi connectivity index (χ4n) is 9.23. The molecule has 0 aliphatic carbocycles. The molecule has 1 unspecified atom stereocenters. The second kappa shape index (κ2) is 26.4. The van der Waals surface area contributed by atoms with Crippen LogP contribution in [0.25, 0.3) is 0 Å². The Kier molecular flexibility index (Phi) is 21.5. The van der Waals surface area contributed by atoms with Gasteiger partial charge in [-0.1, -0.05) is 102 Å². The van der Waals surface area contributed by atoms with Crippen molar-refractivity contribution < 1.29 is 52.9 Å². The number of hydrogen-bond acceptors (Lipinski definition) is 11. The average Bonchev–Trinajstić information content (AvgIpc) is 3.82. The molecule has 4 rings (SSSR count). The van der Waals surface area contributed by atoms with Gasteiger partial charge in [0, 0.05) is 47.8 Å². The second-order valence-corrected chi connectivity index (χ2v) is 18.4. The van der Waals surface area contributed by atoms with Crippen molar-refractivity contribution in [2.75, 3.05) is 48.0 Å². The fourth-order valence-corrected chi connectivity index (χ4v) is 9.23. The highest BCUT2D eigenvalue weighted by atomic mass is 16.7. The maximum atomic E-state index is 14.5. The Balaban J connectivity index is 1.48. The van der Waals surface area contributed by atoms with Crippen molar-refractivity contribution in [1.29, 1.82) is 0 Å². The number of aliphatic hydroxyl groups excluding tert-OH is 1. The van der Waals surface area contributed by atoms with Gasteiger partial charge in [-0.25, -0.2) is 9.86 Å². The molecule has 0 bridgehead atoms. The minimum Gasteiger partial charge on any atom is -0.445 e. The van der Waals surface area contributed by atoms with Gasteiger partial charge in [0.25, 0.3) is 5.91 Å². The molecule has 6 amide bonds. The van der Waals surface area contributed by atoms with Crippen molar-refractivity contribution >= 4 is 35.6 Å². The van der Waals surface area contributed by atoms with E-state index in [1.54, 1.807) is 44.9 Å². The number of rotatable bonds is 23. The Morgan fingerprint density at radius 3 is 2.01 bits per heavy atom. The molecule has 0 saturated carbocycles. The zero-order chi connectivity index (χ0) is 49.4. The number of methoxy groups -OCH3 is 2.